The molecule has 0 radical (unpaired) electrons. The molecule has 0 bridgehead atoms. The average Bonchev–Trinajstić information content (AvgIpc) is 2.80. The molecule has 4 heteroatoms. The van der Waals surface area contributed by atoms with Gasteiger partial charge in [-0.25, -0.2) is 0 Å². The van der Waals surface area contributed by atoms with E-state index < -0.39 is 0 Å². The molecule has 0 aliphatic heterocycles. The normalized spacial score (nSPS) is 18.4. The van der Waals surface area contributed by atoms with Crippen LogP contribution < -0.4 is 0 Å². The number of ketones is 1. The first-order chi connectivity index (χ1) is 9.49. The van der Waals surface area contributed by atoms with Gasteiger partial charge in [0.2, 0.25) is 0 Å². The number of likely N-dealkylation sites (N-methyl/N-ethyl adjacent to an activating group) is 1. The highest BCUT2D eigenvalue weighted by Crippen LogP contribution is 2.34. The molecule has 0 N–H and O–H groups in total. The van der Waals surface area contributed by atoms with Crippen molar-refractivity contribution in [1.29, 1.82) is 0 Å². The summed E-state index contributed by atoms with van der Waals surface area (Å²) in [5.74, 6) is 0.354. The highest BCUT2D eigenvalue weighted by Gasteiger charge is 2.41. The van der Waals surface area contributed by atoms with Crippen LogP contribution in [0.15, 0.2) is 6.07 Å². The Kier molecular flexibility index (Phi) is 4.63. The zero-order valence-corrected chi connectivity index (χ0v) is 13.3. The molecule has 0 spiro atoms. The number of rotatable bonds is 5. The summed E-state index contributed by atoms with van der Waals surface area (Å²) in [6.07, 6.45) is 7.00. The van der Waals surface area contributed by atoms with Crippen molar-refractivity contribution in [2.75, 3.05) is 14.1 Å². The fourth-order valence-corrected chi connectivity index (χ4v) is 3.35. The minimum absolute atomic E-state index is 0.255. The van der Waals surface area contributed by atoms with Gasteiger partial charge < -0.3 is 0 Å². The molecule has 1 aliphatic rings. The second-order valence-corrected chi connectivity index (χ2v) is 6.19. The van der Waals surface area contributed by atoms with Crippen LogP contribution in [0.5, 0.6) is 0 Å². The van der Waals surface area contributed by atoms with Gasteiger partial charge >= 0.3 is 0 Å². The van der Waals surface area contributed by atoms with Crippen molar-refractivity contribution in [2.45, 2.75) is 57.4 Å². The first-order valence-electron chi connectivity index (χ1n) is 7.72. The van der Waals surface area contributed by atoms with Gasteiger partial charge in [0, 0.05) is 12.7 Å². The number of hydrogen-bond acceptors (Lipinski definition) is 3. The maximum atomic E-state index is 12.9. The number of carbonyl (C=O) groups is 1. The molecule has 0 atom stereocenters. The lowest BCUT2D eigenvalue weighted by molar-refractivity contribution is -0.131. The molecule has 1 aliphatic carbocycles. The molecule has 1 aromatic rings. The summed E-state index contributed by atoms with van der Waals surface area (Å²) in [4.78, 5) is 15.0. The average molecular weight is 277 g/mol. The predicted octanol–water partition coefficient (Wildman–Crippen LogP) is 2.36. The lowest BCUT2D eigenvalue weighted by Gasteiger charge is -2.41. The summed E-state index contributed by atoms with van der Waals surface area (Å²) in [7, 11) is 6.03. The van der Waals surface area contributed by atoms with E-state index in [0.29, 0.717) is 12.2 Å². The fourth-order valence-electron chi connectivity index (χ4n) is 3.35. The quantitative estimate of drug-likeness (QED) is 0.829. The van der Waals surface area contributed by atoms with E-state index in [1.165, 1.54) is 6.42 Å². The van der Waals surface area contributed by atoms with Crippen LogP contribution in [0.1, 0.15) is 50.4 Å². The zero-order valence-electron chi connectivity index (χ0n) is 13.3. The molecule has 1 heterocycles. The van der Waals surface area contributed by atoms with Gasteiger partial charge in [-0.15, -0.1) is 0 Å². The lowest BCUT2D eigenvalue weighted by Crippen LogP contribution is -2.53. The van der Waals surface area contributed by atoms with Gasteiger partial charge in [0.05, 0.1) is 17.7 Å². The van der Waals surface area contributed by atoms with Crippen molar-refractivity contribution in [3.63, 3.8) is 0 Å². The molecule has 112 valence electrons. The van der Waals surface area contributed by atoms with E-state index in [-0.39, 0.29) is 5.54 Å². The van der Waals surface area contributed by atoms with Crippen molar-refractivity contribution < 1.29 is 4.79 Å². The zero-order chi connectivity index (χ0) is 14.8. The Labute approximate surface area is 122 Å². The van der Waals surface area contributed by atoms with Gasteiger partial charge in [0.15, 0.2) is 5.78 Å². The summed E-state index contributed by atoms with van der Waals surface area (Å²) < 4.78 is 1.86. The third-order valence-electron chi connectivity index (χ3n) is 4.79. The fraction of sp³-hybridized carbons (Fsp3) is 0.750. The van der Waals surface area contributed by atoms with E-state index in [1.54, 1.807) is 0 Å². The summed E-state index contributed by atoms with van der Waals surface area (Å²) in [6.45, 7) is 2.09. The summed E-state index contributed by atoms with van der Waals surface area (Å²) in [5.41, 5.74) is 1.85. The molecule has 2 rings (SSSR count). The first kappa shape index (κ1) is 15.2. The molecule has 20 heavy (non-hydrogen) atoms. The van der Waals surface area contributed by atoms with E-state index in [0.717, 1.165) is 43.5 Å². The van der Waals surface area contributed by atoms with Crippen LogP contribution in [0.4, 0.5) is 0 Å². The molecule has 0 aromatic carbocycles. The molecular formula is C16H27N3O. The number of Topliss-reactive ketones (excluding diaryl/α,β-unsaturated/α-hetero) is 1. The van der Waals surface area contributed by atoms with Gasteiger partial charge in [-0.2, -0.15) is 5.10 Å². The maximum Gasteiger partial charge on any atom is 0.158 e. The molecule has 1 saturated carbocycles. The maximum absolute atomic E-state index is 12.9. The first-order valence-corrected chi connectivity index (χ1v) is 7.72. The number of hydrogen-bond donors (Lipinski definition) is 0. The van der Waals surface area contributed by atoms with Crippen LogP contribution >= 0.6 is 0 Å². The van der Waals surface area contributed by atoms with Crippen LogP contribution in [-0.4, -0.2) is 40.1 Å². The summed E-state index contributed by atoms with van der Waals surface area (Å²) >= 11 is 0. The Hall–Kier alpha value is -1.16. The van der Waals surface area contributed by atoms with Crippen molar-refractivity contribution in [2.24, 2.45) is 7.05 Å². The molecule has 0 amide bonds. The molecule has 0 unspecified atom stereocenters. The second-order valence-electron chi connectivity index (χ2n) is 6.19. The highest BCUT2D eigenvalue weighted by molar-refractivity contribution is 5.90. The number of nitrogens with zero attached hydrogens (tertiary/aromatic N) is 3. The van der Waals surface area contributed by atoms with Gasteiger partial charge in [0.25, 0.3) is 0 Å². The summed E-state index contributed by atoms with van der Waals surface area (Å²) in [5, 5.41) is 4.45. The van der Waals surface area contributed by atoms with Crippen LogP contribution in [-0.2, 0) is 24.7 Å². The Morgan fingerprint density at radius 1 is 1.35 bits per heavy atom. The van der Waals surface area contributed by atoms with Crippen LogP contribution in [0.2, 0.25) is 0 Å². The number of aryl methyl sites for hydroxylation is 2. The second kappa shape index (κ2) is 6.08. The molecule has 1 aromatic heterocycles. The Bertz CT molecular complexity index is 470. The van der Waals surface area contributed by atoms with E-state index in [1.807, 2.05) is 25.8 Å². The predicted molar refractivity (Wildman–Crippen MR) is 80.8 cm³/mol. The SMILES string of the molecule is CCc1cc(CC(=O)C2(N(C)C)CCCCC2)n(C)n1. The monoisotopic (exact) mass is 277 g/mol. The van der Waals surface area contributed by atoms with Crippen molar-refractivity contribution in [3.05, 3.63) is 17.5 Å². The van der Waals surface area contributed by atoms with Gasteiger partial charge in [-0.3, -0.25) is 14.4 Å². The number of aromatic nitrogens is 2. The van der Waals surface area contributed by atoms with Crippen molar-refractivity contribution >= 4 is 5.78 Å². The third-order valence-corrected chi connectivity index (χ3v) is 4.79. The molecule has 0 saturated heterocycles. The smallest absolute Gasteiger partial charge is 0.158 e. The molecular weight excluding hydrogens is 250 g/mol. The van der Waals surface area contributed by atoms with Crippen LogP contribution in [0.3, 0.4) is 0 Å². The topological polar surface area (TPSA) is 38.1 Å². The van der Waals surface area contributed by atoms with Crippen molar-refractivity contribution in [1.82, 2.24) is 14.7 Å². The largest absolute Gasteiger partial charge is 0.297 e. The minimum Gasteiger partial charge on any atom is -0.297 e. The van der Waals surface area contributed by atoms with Gasteiger partial charge in [-0.05, 0) is 39.4 Å². The Morgan fingerprint density at radius 3 is 2.50 bits per heavy atom. The van der Waals surface area contributed by atoms with E-state index in [9.17, 15) is 4.79 Å². The van der Waals surface area contributed by atoms with Crippen molar-refractivity contribution in [3.8, 4) is 0 Å². The Balaban J connectivity index is 2.18. The molecule has 1 fully saturated rings. The number of carbonyl (C=O) groups excluding carboxylic acids is 1. The molecule has 4 nitrogen and oxygen atoms in total. The van der Waals surface area contributed by atoms with Gasteiger partial charge in [0.1, 0.15) is 0 Å². The highest BCUT2D eigenvalue weighted by atomic mass is 16.1. The minimum atomic E-state index is -0.255. The third kappa shape index (κ3) is 2.80. The van der Waals surface area contributed by atoms with E-state index in [2.05, 4.69) is 23.0 Å². The van der Waals surface area contributed by atoms with E-state index >= 15 is 0 Å². The van der Waals surface area contributed by atoms with Gasteiger partial charge in [-0.1, -0.05) is 26.2 Å². The standard InChI is InChI=1S/C16H27N3O/c1-5-13-11-14(19(4)17-13)12-15(20)16(18(2)3)9-7-6-8-10-16/h11H,5-10,12H2,1-4H3. The van der Waals surface area contributed by atoms with E-state index in [4.69, 9.17) is 0 Å². The Morgan fingerprint density at radius 2 is 2.00 bits per heavy atom. The summed E-state index contributed by atoms with van der Waals surface area (Å²) in [6, 6.07) is 2.07. The van der Waals surface area contributed by atoms with Crippen LogP contribution in [0, 0.1) is 0 Å². The van der Waals surface area contributed by atoms with Crippen LogP contribution in [0.25, 0.3) is 0 Å². The lowest BCUT2D eigenvalue weighted by atomic mass is 9.76.